The third-order valence-corrected chi connectivity index (χ3v) is 2.86. The molecule has 0 saturated carbocycles. The number of carbonyl (C=O) groups excluding carboxylic acids is 2. The van der Waals surface area contributed by atoms with E-state index in [2.05, 4.69) is 16.1 Å². The summed E-state index contributed by atoms with van der Waals surface area (Å²) in [4.78, 5) is 22.3. The van der Waals surface area contributed by atoms with Crippen LogP contribution in [0, 0.1) is 6.92 Å². The zero-order valence-corrected chi connectivity index (χ0v) is 11.2. The second-order valence-corrected chi connectivity index (χ2v) is 4.93. The lowest BCUT2D eigenvalue weighted by Gasteiger charge is -2.25. The molecule has 0 bridgehead atoms. The zero-order valence-electron chi connectivity index (χ0n) is 11.2. The minimum absolute atomic E-state index is 0.240. The first-order valence-electron chi connectivity index (χ1n) is 5.80. The van der Waals surface area contributed by atoms with Crippen molar-refractivity contribution in [2.45, 2.75) is 26.2 Å². The van der Waals surface area contributed by atoms with E-state index in [0.29, 0.717) is 6.54 Å². The van der Waals surface area contributed by atoms with Crippen LogP contribution in [-0.4, -0.2) is 25.5 Å². The molecule has 98 valence electrons. The maximum absolute atomic E-state index is 11.3. The van der Waals surface area contributed by atoms with Gasteiger partial charge >= 0.3 is 11.9 Å². The topological polar surface area (TPSA) is 55.4 Å². The summed E-state index contributed by atoms with van der Waals surface area (Å²) in [6.07, 6.45) is 0. The van der Waals surface area contributed by atoms with E-state index in [1.807, 2.05) is 39.0 Å². The minimum Gasteiger partial charge on any atom is -0.462 e. The summed E-state index contributed by atoms with van der Waals surface area (Å²) >= 11 is 0. The molecule has 0 heterocycles. The first-order valence-corrected chi connectivity index (χ1v) is 5.80. The van der Waals surface area contributed by atoms with E-state index in [9.17, 15) is 9.59 Å². The fourth-order valence-electron chi connectivity index (χ4n) is 1.63. The molecule has 0 atom stereocenters. The van der Waals surface area contributed by atoms with Gasteiger partial charge in [0.2, 0.25) is 0 Å². The number of carbonyl (C=O) groups is 2. The minimum atomic E-state index is -0.866. The number of hydrogen-bond acceptors (Lipinski definition) is 3. The van der Waals surface area contributed by atoms with Crippen molar-refractivity contribution in [2.24, 2.45) is 0 Å². The molecule has 1 amide bonds. The first-order chi connectivity index (χ1) is 8.36. The van der Waals surface area contributed by atoms with Crippen molar-refractivity contribution in [1.29, 1.82) is 0 Å². The molecular formula is C14H19NO3. The van der Waals surface area contributed by atoms with Gasteiger partial charge in [-0.25, -0.2) is 4.79 Å². The Morgan fingerprint density at radius 1 is 1.33 bits per heavy atom. The van der Waals surface area contributed by atoms with Gasteiger partial charge in [0, 0.05) is 12.0 Å². The van der Waals surface area contributed by atoms with Crippen molar-refractivity contribution in [2.75, 3.05) is 13.7 Å². The Morgan fingerprint density at radius 3 is 2.56 bits per heavy atom. The highest BCUT2D eigenvalue weighted by Gasteiger charge is 2.23. The number of aryl methyl sites for hydroxylation is 1. The Labute approximate surface area is 107 Å². The Balaban J connectivity index is 2.71. The number of methoxy groups -OCH3 is 1. The molecule has 18 heavy (non-hydrogen) atoms. The van der Waals surface area contributed by atoms with Gasteiger partial charge in [-0.2, -0.15) is 0 Å². The monoisotopic (exact) mass is 249 g/mol. The predicted octanol–water partition coefficient (Wildman–Crippen LogP) is 1.56. The van der Waals surface area contributed by atoms with Crippen LogP contribution >= 0.6 is 0 Å². The van der Waals surface area contributed by atoms with Gasteiger partial charge in [-0.1, -0.05) is 43.7 Å². The molecule has 0 aliphatic carbocycles. The number of ether oxygens (including phenoxy) is 1. The van der Waals surface area contributed by atoms with Crippen LogP contribution in [0.2, 0.25) is 0 Å². The van der Waals surface area contributed by atoms with Gasteiger partial charge in [0.05, 0.1) is 7.11 Å². The fourth-order valence-corrected chi connectivity index (χ4v) is 1.63. The van der Waals surface area contributed by atoms with E-state index in [-0.39, 0.29) is 5.41 Å². The van der Waals surface area contributed by atoms with Gasteiger partial charge < -0.3 is 10.1 Å². The van der Waals surface area contributed by atoms with Crippen molar-refractivity contribution >= 4 is 11.9 Å². The molecule has 0 unspecified atom stereocenters. The third-order valence-electron chi connectivity index (χ3n) is 2.86. The van der Waals surface area contributed by atoms with Crippen LogP contribution in [0.15, 0.2) is 24.3 Å². The van der Waals surface area contributed by atoms with Crippen LogP contribution in [0.1, 0.15) is 25.0 Å². The molecule has 0 saturated heterocycles. The molecule has 0 aliphatic heterocycles. The van der Waals surface area contributed by atoms with Crippen LogP contribution in [0.5, 0.6) is 0 Å². The molecule has 0 fully saturated rings. The summed E-state index contributed by atoms with van der Waals surface area (Å²) in [7, 11) is 1.19. The lowest BCUT2D eigenvalue weighted by molar-refractivity contribution is -0.152. The number of benzene rings is 1. The second-order valence-electron chi connectivity index (χ2n) is 4.93. The van der Waals surface area contributed by atoms with Gasteiger partial charge in [-0.3, -0.25) is 4.79 Å². The quantitative estimate of drug-likeness (QED) is 0.653. The third kappa shape index (κ3) is 3.58. The maximum Gasteiger partial charge on any atom is 0.396 e. The Hall–Kier alpha value is -1.84. The Bertz CT molecular complexity index is 452. The summed E-state index contributed by atoms with van der Waals surface area (Å²) in [5, 5.41) is 2.58. The van der Waals surface area contributed by atoms with Crippen molar-refractivity contribution in [3.8, 4) is 0 Å². The Morgan fingerprint density at radius 2 is 2.00 bits per heavy atom. The van der Waals surface area contributed by atoms with Gasteiger partial charge in [-0.05, 0) is 12.5 Å². The maximum atomic E-state index is 11.3. The molecular weight excluding hydrogens is 230 g/mol. The van der Waals surface area contributed by atoms with Crippen LogP contribution in [0.3, 0.4) is 0 Å². The zero-order chi connectivity index (χ0) is 13.8. The molecule has 1 rings (SSSR count). The smallest absolute Gasteiger partial charge is 0.396 e. The molecule has 0 aliphatic rings. The highest BCUT2D eigenvalue weighted by atomic mass is 16.5. The predicted molar refractivity (Wildman–Crippen MR) is 69.2 cm³/mol. The number of rotatable bonds is 3. The molecule has 0 radical (unpaired) electrons. The SMILES string of the molecule is COC(=O)C(=O)NCC(C)(C)c1cccc(C)c1. The van der Waals surface area contributed by atoms with Crippen molar-refractivity contribution in [3.63, 3.8) is 0 Å². The molecule has 1 aromatic carbocycles. The summed E-state index contributed by atoms with van der Waals surface area (Å²) in [6, 6.07) is 8.09. The lowest BCUT2D eigenvalue weighted by atomic mass is 9.84. The van der Waals surface area contributed by atoms with Gasteiger partial charge in [0.25, 0.3) is 0 Å². The Kier molecular flexibility index (Phi) is 4.48. The van der Waals surface area contributed by atoms with Crippen molar-refractivity contribution in [3.05, 3.63) is 35.4 Å². The number of amides is 1. The highest BCUT2D eigenvalue weighted by molar-refractivity contribution is 6.32. The standard InChI is InChI=1S/C14H19NO3/c1-10-6-5-7-11(8-10)14(2,3)9-15-12(16)13(17)18-4/h5-8H,9H2,1-4H3,(H,15,16). The lowest BCUT2D eigenvalue weighted by Crippen LogP contribution is -2.40. The molecule has 1 aromatic rings. The fraction of sp³-hybridized carbons (Fsp3) is 0.429. The van der Waals surface area contributed by atoms with Crippen LogP contribution in [-0.2, 0) is 19.7 Å². The average molecular weight is 249 g/mol. The summed E-state index contributed by atoms with van der Waals surface area (Å²) < 4.78 is 4.35. The molecule has 0 aromatic heterocycles. The van der Waals surface area contributed by atoms with Crippen molar-refractivity contribution in [1.82, 2.24) is 5.32 Å². The average Bonchev–Trinajstić information content (AvgIpc) is 2.35. The van der Waals surface area contributed by atoms with Crippen LogP contribution in [0.4, 0.5) is 0 Å². The summed E-state index contributed by atoms with van der Waals surface area (Å²) in [5.41, 5.74) is 2.04. The normalized spacial score (nSPS) is 10.9. The van der Waals surface area contributed by atoms with Crippen LogP contribution in [0.25, 0.3) is 0 Å². The van der Waals surface area contributed by atoms with Crippen LogP contribution < -0.4 is 5.32 Å². The van der Waals surface area contributed by atoms with E-state index in [4.69, 9.17) is 0 Å². The van der Waals surface area contributed by atoms with E-state index in [1.165, 1.54) is 12.7 Å². The molecule has 4 heteroatoms. The van der Waals surface area contributed by atoms with E-state index < -0.39 is 11.9 Å². The van der Waals surface area contributed by atoms with Gasteiger partial charge in [0.15, 0.2) is 0 Å². The first kappa shape index (κ1) is 14.2. The van der Waals surface area contributed by atoms with E-state index in [1.54, 1.807) is 0 Å². The molecule has 0 spiro atoms. The van der Waals surface area contributed by atoms with Gasteiger partial charge in [0.1, 0.15) is 0 Å². The highest BCUT2D eigenvalue weighted by Crippen LogP contribution is 2.22. The molecule has 4 nitrogen and oxygen atoms in total. The van der Waals surface area contributed by atoms with E-state index in [0.717, 1.165) is 5.56 Å². The summed E-state index contributed by atoms with van der Waals surface area (Å²) in [6.45, 7) is 6.43. The second kappa shape index (κ2) is 5.67. The summed E-state index contributed by atoms with van der Waals surface area (Å²) in [5.74, 6) is -1.58. The van der Waals surface area contributed by atoms with E-state index >= 15 is 0 Å². The number of hydrogen-bond donors (Lipinski definition) is 1. The van der Waals surface area contributed by atoms with Crippen molar-refractivity contribution < 1.29 is 14.3 Å². The number of esters is 1. The largest absolute Gasteiger partial charge is 0.462 e. The molecule has 1 N–H and O–H groups in total. The van der Waals surface area contributed by atoms with Gasteiger partial charge in [-0.15, -0.1) is 0 Å². The number of nitrogens with one attached hydrogen (secondary N) is 1.